The third kappa shape index (κ3) is 3.27. The van der Waals surface area contributed by atoms with Crippen LogP contribution in [0.3, 0.4) is 0 Å². The number of benzene rings is 1. The summed E-state index contributed by atoms with van der Waals surface area (Å²) >= 11 is 0. The van der Waals surface area contributed by atoms with Gasteiger partial charge < -0.3 is 10.1 Å². The van der Waals surface area contributed by atoms with Gasteiger partial charge in [-0.15, -0.1) is 0 Å². The second-order valence-corrected chi connectivity index (χ2v) is 3.44. The molecule has 0 aliphatic heterocycles. The minimum Gasteiger partial charge on any atom is -0.495 e. The molecule has 0 aliphatic rings. The molecule has 0 radical (unpaired) electrons. The van der Waals surface area contributed by atoms with E-state index in [9.17, 15) is 4.79 Å². The zero-order valence-electron chi connectivity index (χ0n) is 9.46. The molecule has 0 heterocycles. The molecule has 82 valence electrons. The highest BCUT2D eigenvalue weighted by Crippen LogP contribution is 2.25. The summed E-state index contributed by atoms with van der Waals surface area (Å²) < 4.78 is 5.20. The maximum absolute atomic E-state index is 10.9. The summed E-state index contributed by atoms with van der Waals surface area (Å²) in [5, 5.41) is 3.06. The van der Waals surface area contributed by atoms with Crippen LogP contribution in [0.2, 0.25) is 0 Å². The SMILES string of the molecule is CCc1ccc(OC)c(NCC(C)=O)c1. The lowest BCUT2D eigenvalue weighted by molar-refractivity contribution is -0.115. The first kappa shape index (κ1) is 11.6. The van der Waals surface area contributed by atoms with E-state index in [1.165, 1.54) is 5.56 Å². The van der Waals surface area contributed by atoms with Crippen LogP contribution in [-0.4, -0.2) is 19.4 Å². The van der Waals surface area contributed by atoms with Crippen molar-refractivity contribution in [3.63, 3.8) is 0 Å². The van der Waals surface area contributed by atoms with Gasteiger partial charge in [0.2, 0.25) is 0 Å². The van der Waals surface area contributed by atoms with Crippen LogP contribution < -0.4 is 10.1 Å². The fourth-order valence-electron chi connectivity index (χ4n) is 1.33. The molecule has 1 aromatic carbocycles. The fourth-order valence-corrected chi connectivity index (χ4v) is 1.33. The Morgan fingerprint density at radius 2 is 2.20 bits per heavy atom. The standard InChI is InChI=1S/C12H17NO2/c1-4-10-5-6-12(15-3)11(7-10)13-8-9(2)14/h5-7,13H,4,8H2,1-3H3. The van der Waals surface area contributed by atoms with E-state index in [4.69, 9.17) is 4.74 Å². The molecule has 0 bridgehead atoms. The monoisotopic (exact) mass is 207 g/mol. The summed E-state index contributed by atoms with van der Waals surface area (Å²) in [7, 11) is 1.62. The Hall–Kier alpha value is -1.51. The highest BCUT2D eigenvalue weighted by Gasteiger charge is 2.03. The Balaban J connectivity index is 2.85. The van der Waals surface area contributed by atoms with Gasteiger partial charge in [-0.05, 0) is 31.0 Å². The maximum Gasteiger partial charge on any atom is 0.148 e. The van der Waals surface area contributed by atoms with Gasteiger partial charge in [0.05, 0.1) is 19.3 Å². The molecule has 1 rings (SSSR count). The highest BCUT2D eigenvalue weighted by molar-refractivity contribution is 5.81. The number of hydrogen-bond donors (Lipinski definition) is 1. The average Bonchev–Trinajstić information content (AvgIpc) is 2.25. The summed E-state index contributed by atoms with van der Waals surface area (Å²) in [5.74, 6) is 0.882. The molecule has 0 saturated carbocycles. The first-order valence-corrected chi connectivity index (χ1v) is 5.07. The van der Waals surface area contributed by atoms with Crippen molar-refractivity contribution in [3.8, 4) is 5.75 Å². The van der Waals surface area contributed by atoms with Crippen molar-refractivity contribution >= 4 is 11.5 Å². The highest BCUT2D eigenvalue weighted by atomic mass is 16.5. The van der Waals surface area contributed by atoms with E-state index in [-0.39, 0.29) is 5.78 Å². The van der Waals surface area contributed by atoms with Gasteiger partial charge in [0, 0.05) is 0 Å². The molecular weight excluding hydrogens is 190 g/mol. The zero-order valence-corrected chi connectivity index (χ0v) is 9.46. The molecule has 0 unspecified atom stereocenters. The van der Waals surface area contributed by atoms with Crippen molar-refractivity contribution in [2.24, 2.45) is 0 Å². The molecule has 0 aliphatic carbocycles. The van der Waals surface area contributed by atoms with Gasteiger partial charge in [-0.2, -0.15) is 0 Å². The Labute approximate surface area is 90.4 Å². The lowest BCUT2D eigenvalue weighted by atomic mass is 10.1. The van der Waals surface area contributed by atoms with Crippen LogP contribution in [0.1, 0.15) is 19.4 Å². The minimum absolute atomic E-state index is 0.110. The van der Waals surface area contributed by atoms with Crippen molar-refractivity contribution in [2.75, 3.05) is 19.0 Å². The largest absolute Gasteiger partial charge is 0.495 e. The molecule has 0 aromatic heterocycles. The van der Waals surface area contributed by atoms with Crippen molar-refractivity contribution in [2.45, 2.75) is 20.3 Å². The number of nitrogens with one attached hydrogen (secondary N) is 1. The third-order valence-electron chi connectivity index (χ3n) is 2.20. The van der Waals surface area contributed by atoms with E-state index in [1.807, 2.05) is 18.2 Å². The van der Waals surface area contributed by atoms with E-state index < -0.39 is 0 Å². The van der Waals surface area contributed by atoms with Crippen LogP contribution >= 0.6 is 0 Å². The molecule has 0 spiro atoms. The number of ketones is 1. The topological polar surface area (TPSA) is 38.3 Å². The molecule has 0 saturated heterocycles. The second kappa shape index (κ2) is 5.39. The average molecular weight is 207 g/mol. The summed E-state index contributed by atoms with van der Waals surface area (Å²) in [6.45, 7) is 3.99. The van der Waals surface area contributed by atoms with E-state index >= 15 is 0 Å². The van der Waals surface area contributed by atoms with Crippen molar-refractivity contribution in [3.05, 3.63) is 23.8 Å². The van der Waals surface area contributed by atoms with Gasteiger partial charge in [-0.25, -0.2) is 0 Å². The number of methoxy groups -OCH3 is 1. The molecular formula is C12H17NO2. The normalized spacial score (nSPS) is 9.80. The Morgan fingerprint density at radius 3 is 2.73 bits per heavy atom. The van der Waals surface area contributed by atoms with Crippen molar-refractivity contribution < 1.29 is 9.53 Å². The van der Waals surface area contributed by atoms with Gasteiger partial charge in [0.15, 0.2) is 0 Å². The smallest absolute Gasteiger partial charge is 0.148 e. The van der Waals surface area contributed by atoms with Crippen LogP contribution in [0.4, 0.5) is 5.69 Å². The molecule has 15 heavy (non-hydrogen) atoms. The molecule has 3 heteroatoms. The lowest BCUT2D eigenvalue weighted by Gasteiger charge is -2.11. The van der Waals surface area contributed by atoms with Gasteiger partial charge >= 0.3 is 0 Å². The van der Waals surface area contributed by atoms with Crippen molar-refractivity contribution in [1.29, 1.82) is 0 Å². The minimum atomic E-state index is 0.110. The van der Waals surface area contributed by atoms with Gasteiger partial charge in [0.25, 0.3) is 0 Å². The molecule has 0 amide bonds. The second-order valence-electron chi connectivity index (χ2n) is 3.44. The van der Waals surface area contributed by atoms with E-state index in [0.717, 1.165) is 17.9 Å². The maximum atomic E-state index is 10.9. The van der Waals surface area contributed by atoms with Crippen molar-refractivity contribution in [1.82, 2.24) is 0 Å². The number of hydrogen-bond acceptors (Lipinski definition) is 3. The van der Waals surface area contributed by atoms with Gasteiger partial charge in [0.1, 0.15) is 11.5 Å². The summed E-state index contributed by atoms with van der Waals surface area (Å²) in [6, 6.07) is 5.96. The number of aryl methyl sites for hydroxylation is 1. The van der Waals surface area contributed by atoms with Gasteiger partial charge in [-0.1, -0.05) is 13.0 Å². The van der Waals surface area contributed by atoms with E-state index in [0.29, 0.717) is 6.54 Å². The molecule has 0 atom stereocenters. The lowest BCUT2D eigenvalue weighted by Crippen LogP contribution is -2.10. The molecule has 3 nitrogen and oxygen atoms in total. The number of ether oxygens (including phenoxy) is 1. The van der Waals surface area contributed by atoms with Crippen LogP contribution in [0, 0.1) is 0 Å². The predicted octanol–water partition coefficient (Wildman–Crippen LogP) is 2.26. The quantitative estimate of drug-likeness (QED) is 0.804. The first-order valence-electron chi connectivity index (χ1n) is 5.07. The van der Waals surface area contributed by atoms with Gasteiger partial charge in [-0.3, -0.25) is 4.79 Å². The molecule has 0 fully saturated rings. The summed E-state index contributed by atoms with van der Waals surface area (Å²) in [6.07, 6.45) is 0.971. The number of carbonyl (C=O) groups is 1. The summed E-state index contributed by atoms with van der Waals surface area (Å²) in [5.41, 5.74) is 2.11. The predicted molar refractivity (Wildman–Crippen MR) is 61.5 cm³/mol. The van der Waals surface area contributed by atoms with E-state index in [1.54, 1.807) is 14.0 Å². The fraction of sp³-hybridized carbons (Fsp3) is 0.417. The molecule has 1 aromatic rings. The number of rotatable bonds is 5. The van der Waals surface area contributed by atoms with Crippen LogP contribution in [0.25, 0.3) is 0 Å². The Kier molecular flexibility index (Phi) is 4.16. The summed E-state index contributed by atoms with van der Waals surface area (Å²) in [4.78, 5) is 10.9. The number of anilines is 1. The van der Waals surface area contributed by atoms with E-state index in [2.05, 4.69) is 12.2 Å². The van der Waals surface area contributed by atoms with Crippen LogP contribution in [0.15, 0.2) is 18.2 Å². The molecule has 1 N–H and O–H groups in total. The Bertz CT molecular complexity index is 347. The zero-order chi connectivity index (χ0) is 11.3. The van der Waals surface area contributed by atoms with Crippen LogP contribution in [-0.2, 0) is 11.2 Å². The number of Topliss-reactive ketones (excluding diaryl/α,β-unsaturated/α-hetero) is 1. The number of carbonyl (C=O) groups excluding carboxylic acids is 1. The van der Waals surface area contributed by atoms with Crippen LogP contribution in [0.5, 0.6) is 5.75 Å². The third-order valence-corrected chi connectivity index (χ3v) is 2.20. The first-order chi connectivity index (χ1) is 7.17. The Morgan fingerprint density at radius 1 is 1.47 bits per heavy atom.